The van der Waals surface area contributed by atoms with Gasteiger partial charge in [0.1, 0.15) is 0 Å². The van der Waals surface area contributed by atoms with Crippen LogP contribution in [-0.4, -0.2) is 67.6 Å². The van der Waals surface area contributed by atoms with Crippen LogP contribution in [0.2, 0.25) is 0 Å². The summed E-state index contributed by atoms with van der Waals surface area (Å²) in [5.41, 5.74) is 9.58. The van der Waals surface area contributed by atoms with E-state index in [-0.39, 0.29) is 16.8 Å². The van der Waals surface area contributed by atoms with Gasteiger partial charge in [-0.3, -0.25) is 20.8 Å². The van der Waals surface area contributed by atoms with Crippen LogP contribution in [0.3, 0.4) is 0 Å². The van der Waals surface area contributed by atoms with Crippen molar-refractivity contribution in [2.24, 2.45) is 33.9 Å². The Hall–Kier alpha value is -2.76. The zero-order chi connectivity index (χ0) is 32.0. The molecule has 2 N–H and O–H groups in total. The van der Waals surface area contributed by atoms with Crippen LogP contribution in [0, 0.1) is 34.3 Å². The molecule has 0 unspecified atom stereocenters. The van der Waals surface area contributed by atoms with Crippen LogP contribution in [0.25, 0.3) is 0 Å². The smallest absolute Gasteiger partial charge is 0.189 e. The standard InChI is InChI=1S/2C16H22N4S.CHNS.Co/c2*1-12(15-4-2-3-9-17-15)18-19-16(21)20-10-13-5-6-14(11-20)8-7-13;2-1-3;/h2*2-4,9,13-14H,5-8,10-11H2,1H3,(H,19,21);3H;/p-1. The molecule has 13 heteroatoms. The molecular formula is C33H44CoN9S3-. The number of rotatable bonds is 4. The Morgan fingerprint density at radius 1 is 0.717 bits per heavy atom. The first-order chi connectivity index (χ1) is 21.9. The van der Waals surface area contributed by atoms with Gasteiger partial charge in [0, 0.05) is 55.4 Å². The topological polar surface area (TPSA) is 105 Å². The number of hydrogen-bond donors (Lipinski definition) is 2. The van der Waals surface area contributed by atoms with E-state index in [4.69, 9.17) is 29.7 Å². The van der Waals surface area contributed by atoms with Crippen molar-refractivity contribution in [2.45, 2.75) is 65.2 Å². The van der Waals surface area contributed by atoms with E-state index in [0.29, 0.717) is 0 Å². The number of aromatic nitrogens is 2. The van der Waals surface area contributed by atoms with Gasteiger partial charge in [-0.1, -0.05) is 17.5 Å². The van der Waals surface area contributed by atoms with Crippen LogP contribution in [0.1, 0.15) is 76.6 Å². The van der Waals surface area contributed by atoms with E-state index >= 15 is 0 Å². The number of hydrazone groups is 2. The van der Waals surface area contributed by atoms with Gasteiger partial charge < -0.3 is 22.4 Å². The Labute approximate surface area is 300 Å². The predicted octanol–water partition coefficient (Wildman–Crippen LogP) is 5.62. The largest absolute Gasteiger partial charge is 0.696 e. The molecule has 6 aliphatic rings. The molecule has 0 atom stereocenters. The summed E-state index contributed by atoms with van der Waals surface area (Å²) in [4.78, 5) is 13.2. The minimum Gasteiger partial charge on any atom is -0.696 e. The molecule has 0 aromatic carbocycles. The number of nitrogens with one attached hydrogen (secondary N) is 2. The number of nitrogens with zero attached hydrogens (tertiary/aromatic N) is 7. The maximum atomic E-state index is 7.13. The minimum atomic E-state index is 0. The molecule has 6 heterocycles. The first-order valence-electron chi connectivity index (χ1n) is 15.9. The summed E-state index contributed by atoms with van der Waals surface area (Å²) in [7, 11) is 0. The van der Waals surface area contributed by atoms with Crippen LogP contribution in [0.5, 0.6) is 0 Å². The van der Waals surface area contributed by atoms with Crippen LogP contribution < -0.4 is 10.9 Å². The van der Waals surface area contributed by atoms with Gasteiger partial charge in [0.2, 0.25) is 0 Å². The number of thiocyanates is 1. The Bertz CT molecular complexity index is 1210. The SMILES string of the molecule is CC(=NNC(=S)N1CC2CCC(CC2)C1)c1ccccn1.CC(=NNC(=S)N1CC2CCC(CC2)C1)c1ccccn1.N#C[S-].[Co]. The molecule has 2 aromatic heterocycles. The minimum absolute atomic E-state index is 0. The van der Waals surface area contributed by atoms with Gasteiger partial charge in [-0.15, -0.1) is 0 Å². The van der Waals surface area contributed by atoms with Gasteiger partial charge in [0.15, 0.2) is 10.2 Å². The van der Waals surface area contributed by atoms with Gasteiger partial charge in [-0.05, 0) is 138 Å². The Kier molecular flexibility index (Phi) is 16.2. The number of hydrogen-bond acceptors (Lipinski definition) is 8. The van der Waals surface area contributed by atoms with E-state index in [9.17, 15) is 0 Å². The second-order valence-corrected chi connectivity index (χ2v) is 13.3. The van der Waals surface area contributed by atoms with Crippen molar-refractivity contribution in [1.82, 2.24) is 30.6 Å². The van der Waals surface area contributed by atoms with E-state index in [0.717, 1.165) is 82.9 Å². The van der Waals surface area contributed by atoms with Crippen molar-refractivity contribution < 1.29 is 16.8 Å². The monoisotopic (exact) mass is 721 g/mol. The fraction of sp³-hybridized carbons (Fsp3) is 0.545. The third kappa shape index (κ3) is 11.8. The molecule has 0 amide bonds. The molecule has 6 fully saturated rings. The van der Waals surface area contributed by atoms with E-state index in [1.54, 1.807) is 12.4 Å². The van der Waals surface area contributed by atoms with E-state index in [2.05, 4.69) is 53.5 Å². The van der Waals surface area contributed by atoms with Gasteiger partial charge in [0.05, 0.1) is 22.8 Å². The number of nitriles is 1. The maximum absolute atomic E-state index is 7.13. The Balaban J connectivity index is 0.000000226. The molecular weight excluding hydrogens is 678 g/mol. The molecule has 4 saturated heterocycles. The fourth-order valence-electron chi connectivity index (χ4n) is 6.59. The van der Waals surface area contributed by atoms with Crippen LogP contribution in [-0.2, 0) is 29.4 Å². The molecule has 2 saturated carbocycles. The zero-order valence-electron chi connectivity index (χ0n) is 26.6. The van der Waals surface area contributed by atoms with Gasteiger partial charge >= 0.3 is 0 Å². The summed E-state index contributed by atoms with van der Waals surface area (Å²) in [6.45, 7) is 8.23. The summed E-state index contributed by atoms with van der Waals surface area (Å²) in [6.07, 6.45) is 14.4. The molecule has 1 radical (unpaired) electrons. The normalized spacial score (nSPS) is 23.5. The average molecular weight is 722 g/mol. The first-order valence-corrected chi connectivity index (χ1v) is 17.1. The molecule has 2 aliphatic carbocycles. The third-order valence-corrected chi connectivity index (χ3v) is 9.83. The van der Waals surface area contributed by atoms with Crippen molar-refractivity contribution in [2.75, 3.05) is 26.2 Å². The van der Waals surface area contributed by atoms with Crippen LogP contribution in [0.15, 0.2) is 59.0 Å². The van der Waals surface area contributed by atoms with E-state index in [1.807, 2.05) is 50.2 Å². The van der Waals surface area contributed by atoms with Gasteiger partial charge in [0.25, 0.3) is 0 Å². The summed E-state index contributed by atoms with van der Waals surface area (Å²) in [6, 6.07) is 11.6. The predicted molar refractivity (Wildman–Crippen MR) is 191 cm³/mol. The Morgan fingerprint density at radius 2 is 1.02 bits per heavy atom. The molecule has 9 nitrogen and oxygen atoms in total. The number of fused-ring (bicyclic) bond motifs is 8. The van der Waals surface area contributed by atoms with Crippen molar-refractivity contribution in [3.05, 3.63) is 60.2 Å². The quantitative estimate of drug-likeness (QED) is 0.136. The molecule has 4 aliphatic heterocycles. The molecule has 4 bridgehead atoms. The molecule has 249 valence electrons. The first kappa shape index (κ1) is 37.7. The number of thiocarbonyl (C=S) groups is 2. The summed E-state index contributed by atoms with van der Waals surface area (Å²) in [5.74, 6) is 3.24. The zero-order valence-corrected chi connectivity index (χ0v) is 30.1. The second-order valence-electron chi connectivity index (χ2n) is 12.3. The van der Waals surface area contributed by atoms with Crippen LogP contribution in [0.4, 0.5) is 0 Å². The summed E-state index contributed by atoms with van der Waals surface area (Å²) >= 11 is 14.7. The van der Waals surface area contributed by atoms with E-state index in [1.165, 1.54) is 56.8 Å². The van der Waals surface area contributed by atoms with E-state index < -0.39 is 0 Å². The van der Waals surface area contributed by atoms with Gasteiger partial charge in [-0.25, -0.2) is 5.26 Å². The third-order valence-electron chi connectivity index (χ3n) is 9.13. The maximum Gasteiger partial charge on any atom is 0.189 e. The summed E-state index contributed by atoms with van der Waals surface area (Å²) < 4.78 is 0. The van der Waals surface area contributed by atoms with Gasteiger partial charge in [-0.2, -0.15) is 10.2 Å². The van der Waals surface area contributed by atoms with Crippen LogP contribution >= 0.6 is 24.4 Å². The van der Waals surface area contributed by atoms with Crippen molar-refractivity contribution >= 4 is 58.7 Å². The Morgan fingerprint density at radius 3 is 1.28 bits per heavy atom. The second kappa shape index (κ2) is 19.8. The van der Waals surface area contributed by atoms with Crippen molar-refractivity contribution in [3.8, 4) is 5.40 Å². The summed E-state index contributed by atoms with van der Waals surface area (Å²) in [5, 5.41) is 18.8. The number of pyridine rings is 2. The average Bonchev–Trinajstić information content (AvgIpc) is 3.60. The van der Waals surface area contributed by atoms with Crippen molar-refractivity contribution in [1.29, 1.82) is 5.26 Å². The fourth-order valence-corrected chi connectivity index (χ4v) is 6.98. The molecule has 0 spiro atoms. The molecule has 2 aromatic rings. The molecule has 46 heavy (non-hydrogen) atoms. The van der Waals surface area contributed by atoms with Crippen molar-refractivity contribution in [3.63, 3.8) is 0 Å². The molecule has 8 rings (SSSR count).